The van der Waals surface area contributed by atoms with Gasteiger partial charge in [0.25, 0.3) is 0 Å². The van der Waals surface area contributed by atoms with Crippen LogP contribution in [0.4, 0.5) is 0 Å². The first kappa shape index (κ1) is 12.4. The Hall–Kier alpha value is -1.63. The van der Waals surface area contributed by atoms with Crippen molar-refractivity contribution >= 4 is 11.3 Å². The first-order chi connectivity index (χ1) is 9.26. The molecule has 0 radical (unpaired) electrons. The van der Waals surface area contributed by atoms with E-state index in [2.05, 4.69) is 42.6 Å². The molecule has 1 N–H and O–H groups in total. The highest BCUT2D eigenvalue weighted by atomic mass is 32.1. The van der Waals surface area contributed by atoms with E-state index < -0.39 is 0 Å². The Morgan fingerprint density at radius 2 is 2.16 bits per heavy atom. The third-order valence-electron chi connectivity index (χ3n) is 3.41. The lowest BCUT2D eigenvalue weighted by molar-refractivity contribution is 0.689. The predicted molar refractivity (Wildman–Crippen MR) is 79.1 cm³/mol. The average molecular weight is 268 g/mol. The molecule has 1 heterocycles. The maximum atomic E-state index is 8.95. The van der Waals surface area contributed by atoms with Crippen LogP contribution in [-0.2, 0) is 6.54 Å². The lowest BCUT2D eigenvalue weighted by Crippen LogP contribution is -2.15. The van der Waals surface area contributed by atoms with Gasteiger partial charge in [-0.15, -0.1) is 11.3 Å². The van der Waals surface area contributed by atoms with Gasteiger partial charge in [0.1, 0.15) is 10.9 Å². The Morgan fingerprint density at radius 3 is 2.84 bits per heavy atom. The zero-order chi connectivity index (χ0) is 13.2. The molecule has 2 aromatic rings. The number of benzene rings is 1. The second-order valence-corrected chi connectivity index (χ2v) is 6.18. The zero-order valence-corrected chi connectivity index (χ0v) is 11.8. The van der Waals surface area contributed by atoms with Crippen LogP contribution in [0.1, 0.15) is 28.8 Å². The quantitative estimate of drug-likeness (QED) is 0.914. The zero-order valence-electron chi connectivity index (χ0n) is 10.9. The maximum Gasteiger partial charge on any atom is 0.110 e. The minimum atomic E-state index is 0.715. The van der Waals surface area contributed by atoms with Crippen LogP contribution in [0.5, 0.6) is 0 Å². The summed E-state index contributed by atoms with van der Waals surface area (Å²) >= 11 is 1.57. The number of nitrogens with zero attached hydrogens (tertiary/aromatic N) is 1. The molecule has 0 amide bonds. The van der Waals surface area contributed by atoms with Crippen LogP contribution in [-0.4, -0.2) is 6.04 Å². The molecule has 0 spiro atoms. The molecule has 1 fully saturated rings. The van der Waals surface area contributed by atoms with Crippen LogP contribution in [0.15, 0.2) is 30.3 Å². The van der Waals surface area contributed by atoms with E-state index in [9.17, 15) is 0 Å². The Balaban J connectivity index is 1.92. The van der Waals surface area contributed by atoms with Crippen LogP contribution in [0.3, 0.4) is 0 Å². The van der Waals surface area contributed by atoms with Crippen LogP contribution in [0, 0.1) is 18.3 Å². The van der Waals surface area contributed by atoms with Crippen molar-refractivity contribution in [3.8, 4) is 16.5 Å². The summed E-state index contributed by atoms with van der Waals surface area (Å²) in [6, 6.07) is 13.5. The molecule has 1 aliphatic carbocycles. The molecule has 96 valence electrons. The van der Waals surface area contributed by atoms with Crippen molar-refractivity contribution in [2.75, 3.05) is 0 Å². The summed E-state index contributed by atoms with van der Waals surface area (Å²) in [6.45, 7) is 3.03. The summed E-state index contributed by atoms with van der Waals surface area (Å²) in [5.74, 6) is 0. The molecular weight excluding hydrogens is 252 g/mol. The Morgan fingerprint density at radius 1 is 1.32 bits per heavy atom. The topological polar surface area (TPSA) is 35.8 Å². The fourth-order valence-electron chi connectivity index (χ4n) is 2.16. The molecule has 3 rings (SSSR count). The van der Waals surface area contributed by atoms with Crippen molar-refractivity contribution in [3.05, 3.63) is 46.3 Å². The molecule has 3 heteroatoms. The second kappa shape index (κ2) is 5.16. The van der Waals surface area contributed by atoms with Gasteiger partial charge in [0.2, 0.25) is 0 Å². The lowest BCUT2D eigenvalue weighted by atomic mass is 10.0. The summed E-state index contributed by atoms with van der Waals surface area (Å²) in [4.78, 5) is 1.96. The van der Waals surface area contributed by atoms with E-state index in [-0.39, 0.29) is 0 Å². The number of nitriles is 1. The first-order valence-electron chi connectivity index (χ1n) is 6.59. The number of thiophene rings is 1. The second-order valence-electron chi connectivity index (χ2n) is 5.09. The first-order valence-corrected chi connectivity index (χ1v) is 7.41. The molecule has 1 aliphatic rings. The van der Waals surface area contributed by atoms with Crippen LogP contribution in [0.2, 0.25) is 0 Å². The van der Waals surface area contributed by atoms with E-state index in [1.807, 2.05) is 6.07 Å². The fourth-order valence-corrected chi connectivity index (χ4v) is 3.01. The normalized spacial score (nSPS) is 14.3. The minimum Gasteiger partial charge on any atom is -0.310 e. The van der Waals surface area contributed by atoms with Gasteiger partial charge in [0, 0.05) is 17.5 Å². The van der Waals surface area contributed by atoms with Crippen molar-refractivity contribution in [1.29, 1.82) is 5.26 Å². The van der Waals surface area contributed by atoms with Crippen molar-refractivity contribution in [2.45, 2.75) is 32.4 Å². The SMILES string of the molecule is Cc1ccc(CNC2CC2)c(-c2ccc(C#N)s2)c1. The molecule has 1 saturated carbocycles. The number of nitrogens with one attached hydrogen (secondary N) is 1. The van der Waals surface area contributed by atoms with E-state index in [0.717, 1.165) is 11.4 Å². The van der Waals surface area contributed by atoms with Crippen LogP contribution in [0.25, 0.3) is 10.4 Å². The number of aryl methyl sites for hydroxylation is 1. The van der Waals surface area contributed by atoms with Crippen molar-refractivity contribution in [2.24, 2.45) is 0 Å². The maximum absolute atomic E-state index is 8.95. The van der Waals surface area contributed by atoms with Crippen molar-refractivity contribution < 1.29 is 0 Å². The largest absolute Gasteiger partial charge is 0.310 e. The van der Waals surface area contributed by atoms with Gasteiger partial charge in [-0.05, 0) is 43.0 Å². The Bertz CT molecular complexity index is 632. The molecule has 0 bridgehead atoms. The van der Waals surface area contributed by atoms with Gasteiger partial charge in [-0.25, -0.2) is 0 Å². The van der Waals surface area contributed by atoms with Gasteiger partial charge in [-0.3, -0.25) is 0 Å². The summed E-state index contributed by atoms with van der Waals surface area (Å²) in [5.41, 5.74) is 3.85. The molecule has 0 saturated heterocycles. The van der Waals surface area contributed by atoms with E-state index in [1.165, 1.54) is 34.4 Å². The van der Waals surface area contributed by atoms with Crippen molar-refractivity contribution in [3.63, 3.8) is 0 Å². The molecule has 1 aromatic carbocycles. The molecular formula is C16H16N2S. The lowest BCUT2D eigenvalue weighted by Gasteiger charge is -2.10. The number of hydrogen-bond acceptors (Lipinski definition) is 3. The highest BCUT2D eigenvalue weighted by molar-refractivity contribution is 7.16. The smallest absolute Gasteiger partial charge is 0.110 e. The average Bonchev–Trinajstić information content (AvgIpc) is 3.13. The number of hydrogen-bond donors (Lipinski definition) is 1. The van der Waals surface area contributed by atoms with Gasteiger partial charge >= 0.3 is 0 Å². The highest BCUT2D eigenvalue weighted by Crippen LogP contribution is 2.32. The Kier molecular flexibility index (Phi) is 3.37. The van der Waals surface area contributed by atoms with E-state index in [0.29, 0.717) is 6.04 Å². The van der Waals surface area contributed by atoms with Crippen LogP contribution >= 0.6 is 11.3 Å². The van der Waals surface area contributed by atoms with Gasteiger partial charge in [0.05, 0.1) is 0 Å². The third kappa shape index (κ3) is 2.86. The molecule has 0 unspecified atom stereocenters. The van der Waals surface area contributed by atoms with Crippen molar-refractivity contribution in [1.82, 2.24) is 5.32 Å². The van der Waals surface area contributed by atoms with Gasteiger partial charge in [0.15, 0.2) is 0 Å². The van der Waals surface area contributed by atoms with Gasteiger partial charge in [-0.1, -0.05) is 23.8 Å². The standard InChI is InChI=1S/C16H16N2S/c1-11-2-3-12(10-18-13-4-5-13)15(8-11)16-7-6-14(9-17)19-16/h2-3,6-8,13,18H,4-5,10H2,1H3. The van der Waals surface area contributed by atoms with E-state index in [4.69, 9.17) is 5.26 Å². The molecule has 0 aliphatic heterocycles. The molecule has 19 heavy (non-hydrogen) atoms. The molecule has 1 aromatic heterocycles. The predicted octanol–water partition coefficient (Wildman–Crippen LogP) is 3.85. The fraction of sp³-hybridized carbons (Fsp3) is 0.312. The van der Waals surface area contributed by atoms with E-state index >= 15 is 0 Å². The monoisotopic (exact) mass is 268 g/mol. The Labute approximate surface area is 117 Å². The summed E-state index contributed by atoms with van der Waals surface area (Å²) < 4.78 is 0. The summed E-state index contributed by atoms with van der Waals surface area (Å²) in [5, 5.41) is 12.5. The van der Waals surface area contributed by atoms with Crippen LogP contribution < -0.4 is 5.32 Å². The summed E-state index contributed by atoms with van der Waals surface area (Å²) in [6.07, 6.45) is 2.61. The van der Waals surface area contributed by atoms with Gasteiger partial charge in [-0.2, -0.15) is 5.26 Å². The molecule has 0 atom stereocenters. The summed E-state index contributed by atoms with van der Waals surface area (Å²) in [7, 11) is 0. The number of rotatable bonds is 4. The third-order valence-corrected chi connectivity index (χ3v) is 4.43. The van der Waals surface area contributed by atoms with Gasteiger partial charge < -0.3 is 5.32 Å². The highest BCUT2D eigenvalue weighted by Gasteiger charge is 2.20. The van der Waals surface area contributed by atoms with E-state index in [1.54, 1.807) is 11.3 Å². The molecule has 2 nitrogen and oxygen atoms in total. The minimum absolute atomic E-state index is 0.715.